The summed E-state index contributed by atoms with van der Waals surface area (Å²) in [7, 11) is 1.76. The molecule has 0 radical (unpaired) electrons. The van der Waals surface area contributed by atoms with Crippen molar-refractivity contribution < 1.29 is 9.32 Å². The third kappa shape index (κ3) is 3.14. The van der Waals surface area contributed by atoms with E-state index >= 15 is 0 Å². The first-order valence-corrected chi connectivity index (χ1v) is 4.44. The molecule has 0 saturated heterocycles. The third-order valence-electron chi connectivity index (χ3n) is 1.87. The molecule has 1 amide bonds. The summed E-state index contributed by atoms with van der Waals surface area (Å²) in [5, 5.41) is 6.53. The van der Waals surface area contributed by atoms with Crippen molar-refractivity contribution in [2.45, 2.75) is 13.5 Å². The second-order valence-electron chi connectivity index (χ2n) is 2.86. The van der Waals surface area contributed by atoms with Crippen LogP contribution < -0.4 is 5.32 Å². The summed E-state index contributed by atoms with van der Waals surface area (Å²) < 4.78 is 4.54. The Hall–Kier alpha value is -1.43. The highest BCUT2D eigenvalue weighted by Gasteiger charge is 2.05. The molecule has 14 heavy (non-hydrogen) atoms. The van der Waals surface area contributed by atoms with Crippen molar-refractivity contribution in [3.8, 4) is 0 Å². The summed E-state index contributed by atoms with van der Waals surface area (Å²) in [6.07, 6.45) is 1.26. The van der Waals surface area contributed by atoms with Gasteiger partial charge in [-0.15, -0.1) is 0 Å². The molecule has 1 N–H and O–H groups in total. The van der Waals surface area contributed by atoms with Crippen LogP contribution in [0.15, 0.2) is 10.9 Å². The lowest BCUT2D eigenvalue weighted by Gasteiger charge is -2.13. The first-order chi connectivity index (χ1) is 6.74. The number of nitrogens with one attached hydrogen (secondary N) is 1. The molecular weight excluding hydrogens is 184 g/mol. The number of nitrogens with zero attached hydrogens (tertiary/aromatic N) is 3. The molecule has 0 aliphatic carbocycles. The highest BCUT2D eigenvalue weighted by atomic mass is 16.5. The largest absolute Gasteiger partial charge is 0.345 e. The number of likely N-dealkylation sites (N-methyl/N-ethyl adjacent to an activating group) is 1. The summed E-state index contributed by atoms with van der Waals surface area (Å²) in [4.78, 5) is 16.8. The molecule has 0 saturated carbocycles. The zero-order valence-corrected chi connectivity index (χ0v) is 8.36. The second kappa shape index (κ2) is 5.33. The summed E-state index contributed by atoms with van der Waals surface area (Å²) in [5.74, 6) is 0.605. The highest BCUT2D eigenvalue weighted by molar-refractivity contribution is 5.77. The van der Waals surface area contributed by atoms with Crippen LogP contribution in [0.4, 0.5) is 0 Å². The summed E-state index contributed by atoms with van der Waals surface area (Å²) in [6, 6.07) is 0. The van der Waals surface area contributed by atoms with Crippen molar-refractivity contribution >= 4 is 5.91 Å². The molecule has 1 aromatic rings. The maximum atomic E-state index is 11.3. The van der Waals surface area contributed by atoms with Crippen LogP contribution in [0.3, 0.4) is 0 Å². The van der Waals surface area contributed by atoms with E-state index in [0.717, 1.165) is 0 Å². The van der Waals surface area contributed by atoms with E-state index in [4.69, 9.17) is 0 Å². The van der Waals surface area contributed by atoms with Gasteiger partial charge in [0, 0.05) is 13.6 Å². The molecule has 1 aromatic heterocycles. The minimum Gasteiger partial charge on any atom is -0.345 e. The van der Waals surface area contributed by atoms with E-state index in [0.29, 0.717) is 25.5 Å². The number of hydrogen-bond donors (Lipinski definition) is 1. The lowest BCUT2D eigenvalue weighted by Crippen LogP contribution is -2.35. The lowest BCUT2D eigenvalue weighted by atomic mass is 10.5. The molecule has 0 aliphatic heterocycles. The zero-order chi connectivity index (χ0) is 10.4. The van der Waals surface area contributed by atoms with Crippen LogP contribution in [0, 0.1) is 0 Å². The van der Waals surface area contributed by atoms with Crippen LogP contribution in [0.1, 0.15) is 12.7 Å². The Balaban J connectivity index is 2.18. The summed E-state index contributed by atoms with van der Waals surface area (Å²) in [6.45, 7) is 3.37. The minimum atomic E-state index is 0.0518. The average Bonchev–Trinajstić information content (AvgIpc) is 2.69. The predicted molar refractivity (Wildman–Crippen MR) is 49.3 cm³/mol. The van der Waals surface area contributed by atoms with Crippen LogP contribution in [0.5, 0.6) is 0 Å². The molecule has 1 heterocycles. The van der Waals surface area contributed by atoms with Gasteiger partial charge < -0.3 is 14.7 Å². The monoisotopic (exact) mass is 198 g/mol. The zero-order valence-electron chi connectivity index (χ0n) is 8.36. The lowest BCUT2D eigenvalue weighted by molar-refractivity contribution is -0.128. The van der Waals surface area contributed by atoms with Gasteiger partial charge in [0.15, 0.2) is 5.82 Å². The SMILES string of the molecule is CCN(C)C(=O)CNCc1ncon1. The van der Waals surface area contributed by atoms with E-state index in [-0.39, 0.29) is 5.91 Å². The Labute approximate surface area is 82.3 Å². The van der Waals surface area contributed by atoms with E-state index in [2.05, 4.69) is 20.0 Å². The van der Waals surface area contributed by atoms with Crippen LogP contribution >= 0.6 is 0 Å². The standard InChI is InChI=1S/C8H14N4O2/c1-3-12(2)8(13)5-9-4-7-10-6-14-11-7/h6,9H,3-5H2,1-2H3. The van der Waals surface area contributed by atoms with Crippen molar-refractivity contribution in [1.82, 2.24) is 20.4 Å². The van der Waals surface area contributed by atoms with E-state index in [1.54, 1.807) is 11.9 Å². The normalized spacial score (nSPS) is 10.1. The van der Waals surface area contributed by atoms with E-state index in [1.807, 2.05) is 6.92 Å². The van der Waals surface area contributed by atoms with Crippen molar-refractivity contribution in [3.05, 3.63) is 12.2 Å². The van der Waals surface area contributed by atoms with Gasteiger partial charge in [-0.25, -0.2) is 0 Å². The highest BCUT2D eigenvalue weighted by Crippen LogP contribution is 1.87. The molecule has 0 spiro atoms. The van der Waals surface area contributed by atoms with E-state index in [9.17, 15) is 4.79 Å². The quantitative estimate of drug-likeness (QED) is 0.699. The van der Waals surface area contributed by atoms with Gasteiger partial charge >= 0.3 is 0 Å². The van der Waals surface area contributed by atoms with E-state index in [1.165, 1.54) is 6.39 Å². The van der Waals surface area contributed by atoms with Gasteiger partial charge in [-0.1, -0.05) is 5.16 Å². The minimum absolute atomic E-state index is 0.0518. The molecule has 0 bridgehead atoms. The van der Waals surface area contributed by atoms with Crippen molar-refractivity contribution in [2.24, 2.45) is 0 Å². The van der Waals surface area contributed by atoms with Gasteiger partial charge in [0.25, 0.3) is 0 Å². The molecule has 6 nitrogen and oxygen atoms in total. The molecule has 0 unspecified atom stereocenters. The maximum Gasteiger partial charge on any atom is 0.236 e. The van der Waals surface area contributed by atoms with Crippen molar-refractivity contribution in [2.75, 3.05) is 20.1 Å². The Morgan fingerprint density at radius 1 is 1.71 bits per heavy atom. The number of rotatable bonds is 5. The first kappa shape index (κ1) is 10.6. The maximum absolute atomic E-state index is 11.3. The molecular formula is C8H14N4O2. The Morgan fingerprint density at radius 3 is 3.07 bits per heavy atom. The Kier molecular flexibility index (Phi) is 4.06. The van der Waals surface area contributed by atoms with Gasteiger partial charge in [0.1, 0.15) is 0 Å². The van der Waals surface area contributed by atoms with Crippen LogP contribution in [-0.2, 0) is 11.3 Å². The molecule has 0 fully saturated rings. The average molecular weight is 198 g/mol. The Bertz CT molecular complexity index is 273. The van der Waals surface area contributed by atoms with Gasteiger partial charge in [-0.2, -0.15) is 4.98 Å². The third-order valence-corrected chi connectivity index (χ3v) is 1.87. The van der Waals surface area contributed by atoms with Gasteiger partial charge in [0.2, 0.25) is 12.3 Å². The fraction of sp³-hybridized carbons (Fsp3) is 0.625. The number of amides is 1. The fourth-order valence-electron chi connectivity index (χ4n) is 0.863. The van der Waals surface area contributed by atoms with Gasteiger partial charge in [-0.05, 0) is 6.92 Å². The number of carbonyl (C=O) groups excluding carboxylic acids is 1. The van der Waals surface area contributed by atoms with Gasteiger partial charge in [0.05, 0.1) is 13.1 Å². The fourth-order valence-corrected chi connectivity index (χ4v) is 0.863. The Morgan fingerprint density at radius 2 is 2.50 bits per heavy atom. The molecule has 0 aromatic carbocycles. The molecule has 0 atom stereocenters. The molecule has 0 aliphatic rings. The number of aromatic nitrogens is 2. The predicted octanol–water partition coefficient (Wildman–Crippen LogP) is -0.362. The first-order valence-electron chi connectivity index (χ1n) is 4.44. The van der Waals surface area contributed by atoms with Crippen LogP contribution in [0.25, 0.3) is 0 Å². The number of carbonyl (C=O) groups is 1. The van der Waals surface area contributed by atoms with Crippen molar-refractivity contribution in [1.29, 1.82) is 0 Å². The molecule has 1 rings (SSSR count). The smallest absolute Gasteiger partial charge is 0.236 e. The molecule has 6 heteroatoms. The summed E-state index contributed by atoms with van der Waals surface area (Å²) in [5.41, 5.74) is 0. The second-order valence-corrected chi connectivity index (χ2v) is 2.86. The topological polar surface area (TPSA) is 71.3 Å². The number of hydrogen-bond acceptors (Lipinski definition) is 5. The van der Waals surface area contributed by atoms with Crippen LogP contribution in [0.2, 0.25) is 0 Å². The van der Waals surface area contributed by atoms with Gasteiger partial charge in [-0.3, -0.25) is 4.79 Å². The van der Waals surface area contributed by atoms with Crippen molar-refractivity contribution in [3.63, 3.8) is 0 Å². The van der Waals surface area contributed by atoms with E-state index < -0.39 is 0 Å². The molecule has 78 valence electrons. The summed E-state index contributed by atoms with van der Waals surface area (Å²) >= 11 is 0. The van der Waals surface area contributed by atoms with Crippen LogP contribution in [-0.4, -0.2) is 41.1 Å².